The molecule has 24 heavy (non-hydrogen) atoms. The molecule has 1 aliphatic carbocycles. The quantitative estimate of drug-likeness (QED) is 0.922. The van der Waals surface area contributed by atoms with Gasteiger partial charge in [-0.05, 0) is 25.0 Å². The monoisotopic (exact) mass is 347 g/mol. The van der Waals surface area contributed by atoms with Crippen molar-refractivity contribution in [2.24, 2.45) is 5.92 Å². The Morgan fingerprint density at radius 2 is 1.92 bits per heavy atom. The molecule has 1 aromatic heterocycles. The van der Waals surface area contributed by atoms with Crippen molar-refractivity contribution in [1.29, 1.82) is 0 Å². The molecule has 0 spiro atoms. The lowest BCUT2D eigenvalue weighted by Crippen LogP contribution is -2.24. The third-order valence-electron chi connectivity index (χ3n) is 4.34. The molecule has 128 valence electrons. The summed E-state index contributed by atoms with van der Waals surface area (Å²) in [6.07, 6.45) is 9.60. The van der Waals surface area contributed by atoms with Crippen molar-refractivity contribution in [2.75, 3.05) is 11.6 Å². The number of sulfone groups is 1. The lowest BCUT2D eigenvalue weighted by molar-refractivity contribution is -0.120. The number of aromatic nitrogens is 2. The molecular weight excluding hydrogens is 326 g/mol. The number of benzene rings is 1. The van der Waals surface area contributed by atoms with E-state index >= 15 is 0 Å². The number of carbonyl (C=O) groups is 1. The van der Waals surface area contributed by atoms with Crippen LogP contribution in [0.3, 0.4) is 0 Å². The summed E-state index contributed by atoms with van der Waals surface area (Å²) in [6, 6.07) is 6.67. The van der Waals surface area contributed by atoms with E-state index in [0.717, 1.165) is 25.7 Å². The van der Waals surface area contributed by atoms with Crippen molar-refractivity contribution in [3.63, 3.8) is 0 Å². The average Bonchev–Trinajstić information content (AvgIpc) is 3.03. The van der Waals surface area contributed by atoms with Crippen LogP contribution in [0.25, 0.3) is 5.69 Å². The van der Waals surface area contributed by atoms with Crippen LogP contribution in [0.2, 0.25) is 0 Å². The van der Waals surface area contributed by atoms with Crippen molar-refractivity contribution in [3.8, 4) is 5.69 Å². The minimum absolute atomic E-state index is 0.0191. The van der Waals surface area contributed by atoms with Crippen LogP contribution in [0.5, 0.6) is 0 Å². The lowest BCUT2D eigenvalue weighted by Gasteiger charge is -2.20. The van der Waals surface area contributed by atoms with Crippen LogP contribution in [-0.2, 0) is 14.6 Å². The topological polar surface area (TPSA) is 81.1 Å². The van der Waals surface area contributed by atoms with E-state index in [0.29, 0.717) is 11.4 Å². The van der Waals surface area contributed by atoms with E-state index in [1.54, 1.807) is 36.7 Å². The van der Waals surface area contributed by atoms with Crippen molar-refractivity contribution in [3.05, 3.63) is 36.7 Å². The lowest BCUT2D eigenvalue weighted by atomic mass is 9.89. The molecule has 3 rings (SSSR count). The van der Waals surface area contributed by atoms with Gasteiger partial charge in [-0.25, -0.2) is 13.1 Å². The van der Waals surface area contributed by atoms with E-state index in [1.807, 2.05) is 0 Å². The molecule has 1 aliphatic rings. The summed E-state index contributed by atoms with van der Waals surface area (Å²) >= 11 is 0. The molecule has 0 atom stereocenters. The van der Waals surface area contributed by atoms with E-state index in [4.69, 9.17) is 0 Å². The number of carbonyl (C=O) groups excluding carboxylic acids is 1. The molecule has 0 aliphatic heterocycles. The first-order valence-corrected chi connectivity index (χ1v) is 9.99. The van der Waals surface area contributed by atoms with E-state index in [9.17, 15) is 13.2 Å². The number of nitrogens with zero attached hydrogens (tertiary/aromatic N) is 2. The second kappa shape index (κ2) is 6.76. The Morgan fingerprint density at radius 1 is 1.21 bits per heavy atom. The van der Waals surface area contributed by atoms with E-state index in [2.05, 4.69) is 10.4 Å². The molecule has 0 saturated heterocycles. The van der Waals surface area contributed by atoms with Gasteiger partial charge in [0.2, 0.25) is 5.91 Å². The first-order valence-electron chi connectivity index (χ1n) is 8.10. The molecular formula is C17H21N3O3S. The molecule has 1 N–H and O–H groups in total. The average molecular weight is 347 g/mol. The highest BCUT2D eigenvalue weighted by Gasteiger charge is 2.22. The largest absolute Gasteiger partial charge is 0.323 e. The maximum atomic E-state index is 12.3. The number of nitrogens with one attached hydrogen (secondary N) is 1. The standard InChI is InChI=1S/C17H21N3O3S/c1-24(22,23)16-10-6-5-9-15(16)20-12-14(11-18-20)19-17(21)13-7-3-2-4-8-13/h5-6,9-13H,2-4,7-8H2,1H3,(H,19,21). The zero-order valence-corrected chi connectivity index (χ0v) is 14.4. The Kier molecular flexibility index (Phi) is 4.71. The minimum atomic E-state index is -3.36. The fraction of sp³-hybridized carbons (Fsp3) is 0.412. The Balaban J connectivity index is 1.80. The zero-order chi connectivity index (χ0) is 17.2. The predicted octanol–water partition coefficient (Wildman–Crippen LogP) is 2.79. The normalized spacial score (nSPS) is 16.0. The summed E-state index contributed by atoms with van der Waals surface area (Å²) in [7, 11) is -3.36. The third kappa shape index (κ3) is 3.67. The maximum absolute atomic E-state index is 12.3. The molecule has 1 saturated carbocycles. The number of hydrogen-bond donors (Lipinski definition) is 1. The Hall–Kier alpha value is -2.15. The van der Waals surface area contributed by atoms with Gasteiger partial charge < -0.3 is 5.32 Å². The summed E-state index contributed by atoms with van der Waals surface area (Å²) in [5.74, 6) is 0.0797. The highest BCUT2D eigenvalue weighted by molar-refractivity contribution is 7.90. The summed E-state index contributed by atoms with van der Waals surface area (Å²) in [5.41, 5.74) is 1.05. The van der Waals surface area contributed by atoms with Crippen LogP contribution in [0, 0.1) is 5.92 Å². The van der Waals surface area contributed by atoms with Crippen LogP contribution >= 0.6 is 0 Å². The van der Waals surface area contributed by atoms with E-state index in [1.165, 1.54) is 17.4 Å². The number of anilines is 1. The van der Waals surface area contributed by atoms with Gasteiger partial charge in [-0.3, -0.25) is 4.79 Å². The fourth-order valence-electron chi connectivity index (χ4n) is 3.09. The molecule has 1 fully saturated rings. The van der Waals surface area contributed by atoms with Crippen LogP contribution in [0.4, 0.5) is 5.69 Å². The van der Waals surface area contributed by atoms with E-state index < -0.39 is 9.84 Å². The first-order chi connectivity index (χ1) is 11.4. The summed E-state index contributed by atoms with van der Waals surface area (Å²) in [5, 5.41) is 7.08. The van der Waals surface area contributed by atoms with Gasteiger partial charge in [0.05, 0.1) is 28.7 Å². The molecule has 6 nitrogen and oxygen atoms in total. The number of amides is 1. The van der Waals surface area contributed by atoms with Crippen LogP contribution in [0.1, 0.15) is 32.1 Å². The second-order valence-corrected chi connectivity index (χ2v) is 8.22. The van der Waals surface area contributed by atoms with Gasteiger partial charge in [0.25, 0.3) is 0 Å². The fourth-order valence-corrected chi connectivity index (χ4v) is 3.96. The SMILES string of the molecule is CS(=O)(=O)c1ccccc1-n1cc(NC(=O)C2CCCCC2)cn1. The zero-order valence-electron chi connectivity index (χ0n) is 13.6. The molecule has 2 aromatic rings. The van der Waals surface area contributed by atoms with Gasteiger partial charge in [0, 0.05) is 12.2 Å². The number of rotatable bonds is 4. The van der Waals surface area contributed by atoms with Crippen molar-refractivity contribution < 1.29 is 13.2 Å². The van der Waals surface area contributed by atoms with Gasteiger partial charge in [-0.2, -0.15) is 5.10 Å². The predicted molar refractivity (Wildman–Crippen MR) is 91.9 cm³/mol. The highest BCUT2D eigenvalue weighted by atomic mass is 32.2. The van der Waals surface area contributed by atoms with E-state index in [-0.39, 0.29) is 16.7 Å². The van der Waals surface area contributed by atoms with Crippen molar-refractivity contribution in [2.45, 2.75) is 37.0 Å². The highest BCUT2D eigenvalue weighted by Crippen LogP contribution is 2.25. The first kappa shape index (κ1) is 16.7. The Labute approximate surface area is 141 Å². The van der Waals surface area contributed by atoms with Gasteiger partial charge in [-0.15, -0.1) is 0 Å². The van der Waals surface area contributed by atoms with Crippen LogP contribution in [0.15, 0.2) is 41.6 Å². The van der Waals surface area contributed by atoms with Gasteiger partial charge in [-0.1, -0.05) is 31.4 Å². The van der Waals surface area contributed by atoms with Crippen molar-refractivity contribution in [1.82, 2.24) is 9.78 Å². The summed E-state index contributed by atoms with van der Waals surface area (Å²) in [4.78, 5) is 12.5. The molecule has 1 aromatic carbocycles. The molecule has 1 heterocycles. The number of para-hydroxylation sites is 1. The van der Waals surface area contributed by atoms with Gasteiger partial charge >= 0.3 is 0 Å². The Bertz CT molecular complexity index is 836. The summed E-state index contributed by atoms with van der Waals surface area (Å²) in [6.45, 7) is 0. The molecule has 0 unspecified atom stereocenters. The number of hydrogen-bond acceptors (Lipinski definition) is 4. The van der Waals surface area contributed by atoms with Gasteiger partial charge in [0.1, 0.15) is 0 Å². The van der Waals surface area contributed by atoms with Crippen LogP contribution < -0.4 is 5.32 Å². The minimum Gasteiger partial charge on any atom is -0.323 e. The Morgan fingerprint density at radius 3 is 2.62 bits per heavy atom. The van der Waals surface area contributed by atoms with Gasteiger partial charge in [0.15, 0.2) is 9.84 Å². The summed E-state index contributed by atoms with van der Waals surface area (Å²) < 4.78 is 25.3. The van der Waals surface area contributed by atoms with Crippen LogP contribution in [-0.4, -0.2) is 30.4 Å². The molecule has 1 amide bonds. The maximum Gasteiger partial charge on any atom is 0.227 e. The van der Waals surface area contributed by atoms with Crippen molar-refractivity contribution >= 4 is 21.4 Å². The smallest absolute Gasteiger partial charge is 0.227 e. The molecule has 0 bridgehead atoms. The molecule has 7 heteroatoms. The molecule has 0 radical (unpaired) electrons. The second-order valence-electron chi connectivity index (χ2n) is 6.24. The third-order valence-corrected chi connectivity index (χ3v) is 5.48.